The molecule has 1 aliphatic heterocycles. The van der Waals surface area contributed by atoms with Crippen molar-refractivity contribution >= 4 is 11.8 Å². The van der Waals surface area contributed by atoms with Gasteiger partial charge in [0.15, 0.2) is 0 Å². The number of carbonyl (C=O) groups excluding carboxylic acids is 2. The van der Waals surface area contributed by atoms with Crippen LogP contribution in [0.5, 0.6) is 0 Å². The van der Waals surface area contributed by atoms with E-state index in [9.17, 15) is 9.59 Å². The maximum atomic E-state index is 12.8. The number of hydrogen-bond donors (Lipinski definition) is 0. The van der Waals surface area contributed by atoms with Gasteiger partial charge in [0, 0.05) is 12.6 Å². The van der Waals surface area contributed by atoms with Crippen molar-refractivity contribution in [1.82, 2.24) is 9.88 Å². The number of hydrogen-bond acceptors (Lipinski definition) is 4. The van der Waals surface area contributed by atoms with Crippen LogP contribution in [0.25, 0.3) is 0 Å². The van der Waals surface area contributed by atoms with Crippen LogP contribution in [0, 0.1) is 16.7 Å². The summed E-state index contributed by atoms with van der Waals surface area (Å²) in [7, 11) is 0. The van der Waals surface area contributed by atoms with Crippen molar-refractivity contribution in [3.05, 3.63) is 65.5 Å². The summed E-state index contributed by atoms with van der Waals surface area (Å²) in [4.78, 5) is 30.6. The molecule has 1 aliphatic rings. The Morgan fingerprint density at radius 3 is 2.58 bits per heavy atom. The van der Waals surface area contributed by atoms with E-state index in [0.29, 0.717) is 17.7 Å². The summed E-state index contributed by atoms with van der Waals surface area (Å²) >= 11 is 0. The highest BCUT2D eigenvalue weighted by Crippen LogP contribution is 2.36. The van der Waals surface area contributed by atoms with Gasteiger partial charge in [0.2, 0.25) is 11.8 Å². The third kappa shape index (κ3) is 3.04. The Morgan fingerprint density at radius 2 is 1.96 bits per heavy atom. The number of pyridine rings is 1. The van der Waals surface area contributed by atoms with Gasteiger partial charge in [-0.15, -0.1) is 0 Å². The number of nitriles is 1. The number of aromatic nitrogens is 1. The first-order valence-corrected chi connectivity index (χ1v) is 7.75. The van der Waals surface area contributed by atoms with Crippen LogP contribution in [0.3, 0.4) is 0 Å². The third-order valence-corrected chi connectivity index (χ3v) is 4.33. The van der Waals surface area contributed by atoms with E-state index in [1.54, 1.807) is 30.5 Å². The highest BCUT2D eigenvalue weighted by molar-refractivity contribution is 6.05. The van der Waals surface area contributed by atoms with Gasteiger partial charge in [-0.3, -0.25) is 19.5 Å². The molecule has 1 fully saturated rings. The molecule has 1 aromatic heterocycles. The minimum absolute atomic E-state index is 0.164. The monoisotopic (exact) mass is 319 g/mol. The summed E-state index contributed by atoms with van der Waals surface area (Å²) in [6.45, 7) is 2.03. The average molecular weight is 319 g/mol. The molecule has 5 nitrogen and oxygen atoms in total. The third-order valence-electron chi connectivity index (χ3n) is 4.33. The van der Waals surface area contributed by atoms with Crippen molar-refractivity contribution in [3.63, 3.8) is 0 Å². The second-order valence-corrected chi connectivity index (χ2v) is 6.33. The van der Waals surface area contributed by atoms with Crippen LogP contribution in [0.2, 0.25) is 0 Å². The molecular weight excluding hydrogens is 302 g/mol. The minimum Gasteiger partial charge on any atom is -0.276 e. The molecule has 120 valence electrons. The fourth-order valence-electron chi connectivity index (χ4n) is 3.04. The average Bonchev–Trinajstić information content (AvgIpc) is 2.80. The van der Waals surface area contributed by atoms with Gasteiger partial charge >= 0.3 is 0 Å². The molecule has 1 atom stereocenters. The molecule has 0 aliphatic carbocycles. The van der Waals surface area contributed by atoms with Crippen LogP contribution in [0.15, 0.2) is 48.7 Å². The highest BCUT2D eigenvalue weighted by atomic mass is 16.2. The maximum absolute atomic E-state index is 12.8. The van der Waals surface area contributed by atoms with E-state index in [1.807, 2.05) is 25.1 Å². The number of benzene rings is 1. The molecule has 0 saturated carbocycles. The van der Waals surface area contributed by atoms with Crippen molar-refractivity contribution in [2.45, 2.75) is 26.3 Å². The smallest absolute Gasteiger partial charge is 0.236 e. The fourth-order valence-corrected chi connectivity index (χ4v) is 3.04. The molecule has 24 heavy (non-hydrogen) atoms. The van der Waals surface area contributed by atoms with Crippen LogP contribution in [-0.4, -0.2) is 21.7 Å². The number of nitrogens with zero attached hydrogens (tertiary/aromatic N) is 3. The Hall–Kier alpha value is -3.00. The summed E-state index contributed by atoms with van der Waals surface area (Å²) in [5.41, 5.74) is 1.47. The fraction of sp³-hybridized carbons (Fsp3) is 0.263. The molecule has 0 N–H and O–H groups in total. The van der Waals surface area contributed by atoms with Crippen molar-refractivity contribution < 1.29 is 9.59 Å². The van der Waals surface area contributed by atoms with Gasteiger partial charge in [0.05, 0.1) is 29.3 Å². The van der Waals surface area contributed by atoms with Crippen molar-refractivity contribution in [2.75, 3.05) is 0 Å². The normalized spacial score (nSPS) is 20.2. The lowest BCUT2D eigenvalue weighted by molar-refractivity contribution is -0.141. The molecule has 2 aromatic rings. The van der Waals surface area contributed by atoms with Crippen LogP contribution in [-0.2, 0) is 22.6 Å². The van der Waals surface area contributed by atoms with Crippen LogP contribution >= 0.6 is 0 Å². The van der Waals surface area contributed by atoms with Crippen molar-refractivity contribution in [1.29, 1.82) is 5.26 Å². The molecule has 2 heterocycles. The Labute approximate surface area is 140 Å². The molecule has 1 aromatic carbocycles. The standard InChI is InChI=1S/C19H17N3O2/c1-19(10-14-5-7-15(12-20)8-6-14)11-17(23)22(18(19)24)13-16-4-2-3-9-21-16/h2-9H,10-11,13H2,1H3. The van der Waals surface area contributed by atoms with Gasteiger partial charge in [0.25, 0.3) is 0 Å². The predicted molar refractivity (Wildman–Crippen MR) is 87.4 cm³/mol. The summed E-state index contributed by atoms with van der Waals surface area (Å²) < 4.78 is 0. The van der Waals surface area contributed by atoms with E-state index in [2.05, 4.69) is 11.1 Å². The first-order valence-electron chi connectivity index (χ1n) is 7.75. The lowest BCUT2D eigenvalue weighted by Crippen LogP contribution is -2.35. The van der Waals surface area contributed by atoms with Crippen LogP contribution < -0.4 is 0 Å². The van der Waals surface area contributed by atoms with E-state index in [-0.39, 0.29) is 24.8 Å². The zero-order valence-corrected chi connectivity index (χ0v) is 13.4. The second kappa shape index (κ2) is 6.25. The Bertz CT molecular complexity index is 809. The number of rotatable bonds is 4. The maximum Gasteiger partial charge on any atom is 0.236 e. The largest absolute Gasteiger partial charge is 0.276 e. The number of imide groups is 1. The second-order valence-electron chi connectivity index (χ2n) is 6.33. The molecule has 3 rings (SSSR count). The summed E-state index contributed by atoms with van der Waals surface area (Å²) in [6.07, 6.45) is 2.32. The van der Waals surface area contributed by atoms with Crippen LogP contribution in [0.4, 0.5) is 0 Å². The van der Waals surface area contributed by atoms with E-state index < -0.39 is 5.41 Å². The lowest BCUT2D eigenvalue weighted by atomic mass is 9.82. The molecular formula is C19H17N3O2. The SMILES string of the molecule is CC1(Cc2ccc(C#N)cc2)CC(=O)N(Cc2ccccn2)C1=O. The van der Waals surface area contributed by atoms with Gasteiger partial charge in [-0.25, -0.2) is 0 Å². The zero-order chi connectivity index (χ0) is 17.2. The molecule has 1 unspecified atom stereocenters. The first kappa shape index (κ1) is 15.9. The number of amides is 2. The molecule has 0 bridgehead atoms. The Kier molecular flexibility index (Phi) is 4.13. The predicted octanol–water partition coefficient (Wildman–Crippen LogP) is 2.46. The van der Waals surface area contributed by atoms with Gasteiger partial charge in [-0.2, -0.15) is 5.26 Å². The van der Waals surface area contributed by atoms with Gasteiger partial charge in [-0.1, -0.05) is 18.2 Å². The number of likely N-dealkylation sites (tertiary alicyclic amines) is 1. The minimum atomic E-state index is -0.750. The molecule has 2 amide bonds. The van der Waals surface area contributed by atoms with Gasteiger partial charge in [-0.05, 0) is 43.2 Å². The number of carbonyl (C=O) groups is 2. The Morgan fingerprint density at radius 1 is 1.21 bits per heavy atom. The quantitative estimate of drug-likeness (QED) is 0.811. The summed E-state index contributed by atoms with van der Waals surface area (Å²) in [5.74, 6) is -0.329. The molecule has 1 saturated heterocycles. The van der Waals surface area contributed by atoms with Gasteiger partial charge < -0.3 is 0 Å². The molecule has 5 heteroatoms. The summed E-state index contributed by atoms with van der Waals surface area (Å²) in [6, 6.07) is 14.6. The van der Waals surface area contributed by atoms with Crippen LogP contribution in [0.1, 0.15) is 30.2 Å². The molecule has 0 spiro atoms. The van der Waals surface area contributed by atoms with E-state index in [0.717, 1.165) is 5.56 Å². The molecule has 0 radical (unpaired) electrons. The van der Waals surface area contributed by atoms with E-state index >= 15 is 0 Å². The van der Waals surface area contributed by atoms with E-state index in [4.69, 9.17) is 5.26 Å². The highest BCUT2D eigenvalue weighted by Gasteiger charge is 2.48. The van der Waals surface area contributed by atoms with Crippen molar-refractivity contribution in [3.8, 4) is 6.07 Å². The van der Waals surface area contributed by atoms with Crippen molar-refractivity contribution in [2.24, 2.45) is 5.41 Å². The van der Waals surface area contributed by atoms with E-state index in [1.165, 1.54) is 4.90 Å². The Balaban J connectivity index is 1.77. The summed E-state index contributed by atoms with van der Waals surface area (Å²) in [5, 5.41) is 8.85. The topological polar surface area (TPSA) is 74.1 Å². The lowest BCUT2D eigenvalue weighted by Gasteiger charge is -2.22. The first-order chi connectivity index (χ1) is 11.5. The zero-order valence-electron chi connectivity index (χ0n) is 13.4. The van der Waals surface area contributed by atoms with Gasteiger partial charge in [0.1, 0.15) is 0 Å².